The Balaban J connectivity index is 1.48. The van der Waals surface area contributed by atoms with E-state index in [-0.39, 0.29) is 5.91 Å². The molecule has 2 aliphatic heterocycles. The number of thioether (sulfide) groups is 1. The Bertz CT molecular complexity index is 263. The number of hydrogen-bond acceptors (Lipinski definition) is 4. The average molecular weight is 285 g/mol. The van der Waals surface area contributed by atoms with Crippen molar-refractivity contribution in [2.75, 3.05) is 50.8 Å². The van der Waals surface area contributed by atoms with Gasteiger partial charge >= 0.3 is 0 Å². The molecular weight excluding hydrogens is 258 g/mol. The molecule has 0 aromatic heterocycles. The molecule has 2 fully saturated rings. The van der Waals surface area contributed by atoms with Crippen LogP contribution >= 0.6 is 11.8 Å². The summed E-state index contributed by atoms with van der Waals surface area (Å²) in [6.45, 7) is 6.45. The predicted octanol–water partition coefficient (Wildman–Crippen LogP) is 0.931. The third kappa shape index (κ3) is 6.15. The van der Waals surface area contributed by atoms with Crippen molar-refractivity contribution in [2.45, 2.75) is 25.7 Å². The lowest BCUT2D eigenvalue weighted by Gasteiger charge is -2.27. The monoisotopic (exact) mass is 285 g/mol. The van der Waals surface area contributed by atoms with Gasteiger partial charge in [-0.2, -0.15) is 11.8 Å². The summed E-state index contributed by atoms with van der Waals surface area (Å²) in [5, 5.41) is 6.44. The first kappa shape index (κ1) is 15.1. The van der Waals surface area contributed by atoms with Crippen molar-refractivity contribution < 1.29 is 4.79 Å². The van der Waals surface area contributed by atoms with Gasteiger partial charge in [0.1, 0.15) is 0 Å². The first-order chi connectivity index (χ1) is 9.34. The second-order valence-electron chi connectivity index (χ2n) is 5.56. The summed E-state index contributed by atoms with van der Waals surface area (Å²) in [5.41, 5.74) is 0. The van der Waals surface area contributed by atoms with E-state index in [0.717, 1.165) is 52.1 Å². The Hall–Kier alpha value is -0.260. The number of carbonyl (C=O) groups excluding carboxylic acids is 1. The lowest BCUT2D eigenvalue weighted by Crippen LogP contribution is -2.44. The van der Waals surface area contributed by atoms with E-state index in [0.29, 0.717) is 5.92 Å². The van der Waals surface area contributed by atoms with Gasteiger partial charge in [-0.15, -0.1) is 0 Å². The van der Waals surface area contributed by atoms with Crippen molar-refractivity contribution in [3.63, 3.8) is 0 Å². The van der Waals surface area contributed by atoms with Gasteiger partial charge in [-0.1, -0.05) is 0 Å². The molecule has 4 nitrogen and oxygen atoms in total. The van der Waals surface area contributed by atoms with E-state index in [9.17, 15) is 4.79 Å². The summed E-state index contributed by atoms with van der Waals surface area (Å²) >= 11 is 2.02. The Morgan fingerprint density at radius 3 is 2.74 bits per heavy atom. The van der Waals surface area contributed by atoms with Crippen LogP contribution in [-0.2, 0) is 4.79 Å². The summed E-state index contributed by atoms with van der Waals surface area (Å²) in [6.07, 6.45) is 4.26. The highest BCUT2D eigenvalue weighted by molar-refractivity contribution is 7.99. The van der Waals surface area contributed by atoms with Crippen molar-refractivity contribution in [1.82, 2.24) is 15.5 Å². The van der Waals surface area contributed by atoms with Gasteiger partial charge in [0.2, 0.25) is 5.91 Å². The van der Waals surface area contributed by atoms with E-state index >= 15 is 0 Å². The molecule has 110 valence electrons. The van der Waals surface area contributed by atoms with Crippen LogP contribution in [0, 0.1) is 5.92 Å². The summed E-state index contributed by atoms with van der Waals surface area (Å²) < 4.78 is 0. The minimum atomic E-state index is 0.261. The van der Waals surface area contributed by atoms with Crippen LogP contribution in [0.3, 0.4) is 0 Å². The minimum Gasteiger partial charge on any atom is -0.356 e. The van der Waals surface area contributed by atoms with Gasteiger partial charge in [-0.05, 0) is 43.2 Å². The quantitative estimate of drug-likeness (QED) is 0.713. The Morgan fingerprint density at radius 1 is 1.26 bits per heavy atom. The number of nitrogens with zero attached hydrogens (tertiary/aromatic N) is 1. The van der Waals surface area contributed by atoms with Crippen molar-refractivity contribution in [3.8, 4) is 0 Å². The van der Waals surface area contributed by atoms with Crippen molar-refractivity contribution in [1.29, 1.82) is 0 Å². The lowest BCUT2D eigenvalue weighted by molar-refractivity contribution is -0.122. The number of hydrogen-bond donors (Lipinski definition) is 2. The van der Waals surface area contributed by atoms with Crippen molar-refractivity contribution in [3.05, 3.63) is 0 Å². The molecule has 2 saturated heterocycles. The molecule has 0 bridgehead atoms. The molecule has 0 aromatic carbocycles. The SMILES string of the molecule is O=C(CC1CCSCC1)NCCCN1CCNCC1. The summed E-state index contributed by atoms with van der Waals surface area (Å²) in [7, 11) is 0. The number of amides is 1. The van der Waals surface area contributed by atoms with Gasteiger partial charge in [-0.25, -0.2) is 0 Å². The molecule has 0 spiro atoms. The van der Waals surface area contributed by atoms with E-state index < -0.39 is 0 Å². The molecule has 0 aromatic rings. The molecular formula is C14H27N3OS. The van der Waals surface area contributed by atoms with Crippen LogP contribution in [0.1, 0.15) is 25.7 Å². The van der Waals surface area contributed by atoms with Crippen LogP contribution in [0.15, 0.2) is 0 Å². The smallest absolute Gasteiger partial charge is 0.220 e. The largest absolute Gasteiger partial charge is 0.356 e. The molecule has 5 heteroatoms. The maximum atomic E-state index is 11.8. The van der Waals surface area contributed by atoms with Crippen LogP contribution in [0.2, 0.25) is 0 Å². The number of rotatable bonds is 6. The maximum Gasteiger partial charge on any atom is 0.220 e. The minimum absolute atomic E-state index is 0.261. The van der Waals surface area contributed by atoms with Gasteiger partial charge in [-0.3, -0.25) is 4.79 Å². The first-order valence-corrected chi connectivity index (χ1v) is 8.77. The fourth-order valence-corrected chi connectivity index (χ4v) is 3.95. The van der Waals surface area contributed by atoms with Crippen LogP contribution in [0.4, 0.5) is 0 Å². The molecule has 2 rings (SSSR count). The van der Waals surface area contributed by atoms with E-state index in [4.69, 9.17) is 0 Å². The number of piperazine rings is 1. The molecule has 0 atom stereocenters. The third-order valence-electron chi connectivity index (χ3n) is 4.00. The zero-order valence-electron chi connectivity index (χ0n) is 11.8. The zero-order valence-corrected chi connectivity index (χ0v) is 12.6. The molecule has 0 saturated carbocycles. The second-order valence-corrected chi connectivity index (χ2v) is 6.78. The van der Waals surface area contributed by atoms with E-state index in [1.807, 2.05) is 11.8 Å². The van der Waals surface area contributed by atoms with Crippen LogP contribution < -0.4 is 10.6 Å². The molecule has 1 amide bonds. The average Bonchev–Trinajstić information content (AvgIpc) is 2.46. The third-order valence-corrected chi connectivity index (χ3v) is 5.05. The van der Waals surface area contributed by atoms with Crippen LogP contribution in [-0.4, -0.2) is 61.6 Å². The highest BCUT2D eigenvalue weighted by atomic mass is 32.2. The molecule has 0 aliphatic carbocycles. The lowest BCUT2D eigenvalue weighted by atomic mass is 9.98. The molecule has 0 radical (unpaired) electrons. The zero-order chi connectivity index (χ0) is 13.3. The standard InChI is InChI=1S/C14H27N3OS/c18-14(12-13-2-10-19-11-3-13)16-4-1-7-17-8-5-15-6-9-17/h13,15H,1-12H2,(H,16,18). The first-order valence-electron chi connectivity index (χ1n) is 7.62. The normalized spacial score (nSPS) is 22.3. The summed E-state index contributed by atoms with van der Waals surface area (Å²) in [5.74, 6) is 3.37. The van der Waals surface area contributed by atoms with Gasteiger partial charge in [0.15, 0.2) is 0 Å². The van der Waals surface area contributed by atoms with E-state index in [1.165, 1.54) is 24.3 Å². The second kappa shape index (κ2) is 8.82. The Morgan fingerprint density at radius 2 is 2.00 bits per heavy atom. The fourth-order valence-electron chi connectivity index (χ4n) is 2.75. The van der Waals surface area contributed by atoms with Crippen molar-refractivity contribution in [2.24, 2.45) is 5.92 Å². The van der Waals surface area contributed by atoms with Gasteiger partial charge in [0, 0.05) is 39.1 Å². The van der Waals surface area contributed by atoms with Crippen LogP contribution in [0.5, 0.6) is 0 Å². The molecule has 2 heterocycles. The number of carbonyl (C=O) groups is 1. The van der Waals surface area contributed by atoms with Gasteiger partial charge < -0.3 is 15.5 Å². The number of nitrogens with one attached hydrogen (secondary N) is 2. The Labute approximate surface area is 121 Å². The van der Waals surface area contributed by atoms with Gasteiger partial charge in [0.05, 0.1) is 0 Å². The highest BCUT2D eigenvalue weighted by Gasteiger charge is 2.17. The predicted molar refractivity (Wildman–Crippen MR) is 81.6 cm³/mol. The summed E-state index contributed by atoms with van der Waals surface area (Å²) in [4.78, 5) is 14.3. The van der Waals surface area contributed by atoms with Gasteiger partial charge in [0.25, 0.3) is 0 Å². The maximum absolute atomic E-state index is 11.8. The molecule has 2 aliphatic rings. The summed E-state index contributed by atoms with van der Waals surface area (Å²) in [6, 6.07) is 0. The van der Waals surface area contributed by atoms with E-state index in [1.54, 1.807) is 0 Å². The molecule has 0 unspecified atom stereocenters. The Kier molecular flexibility index (Phi) is 7.03. The van der Waals surface area contributed by atoms with Crippen LogP contribution in [0.25, 0.3) is 0 Å². The fraction of sp³-hybridized carbons (Fsp3) is 0.929. The highest BCUT2D eigenvalue weighted by Crippen LogP contribution is 2.24. The van der Waals surface area contributed by atoms with Crippen molar-refractivity contribution >= 4 is 17.7 Å². The molecule has 19 heavy (non-hydrogen) atoms. The topological polar surface area (TPSA) is 44.4 Å². The van der Waals surface area contributed by atoms with E-state index in [2.05, 4.69) is 15.5 Å². The molecule has 2 N–H and O–H groups in total.